The Labute approximate surface area is 97.4 Å². The fourth-order valence-electron chi connectivity index (χ4n) is 2.43. The first-order valence-corrected chi connectivity index (χ1v) is 5.73. The first-order valence-electron chi connectivity index (χ1n) is 5.73. The van der Waals surface area contributed by atoms with Gasteiger partial charge in [0, 0.05) is 31.1 Å². The molecule has 88 valence electrons. The molecule has 2 rings (SSSR count). The molecule has 1 aliphatic rings. The highest BCUT2D eigenvalue weighted by atomic mass is 16.5. The van der Waals surface area contributed by atoms with Gasteiger partial charge in [0.1, 0.15) is 5.75 Å². The van der Waals surface area contributed by atoms with Gasteiger partial charge in [0.15, 0.2) is 0 Å². The van der Waals surface area contributed by atoms with E-state index in [4.69, 9.17) is 4.74 Å². The molecule has 0 radical (unpaired) electrons. The molecular weight excluding hydrogens is 200 g/mol. The molecule has 0 amide bonds. The van der Waals surface area contributed by atoms with Crippen molar-refractivity contribution >= 4 is 0 Å². The second-order valence-corrected chi connectivity index (χ2v) is 4.62. The molecule has 1 aliphatic heterocycles. The highest BCUT2D eigenvalue weighted by molar-refractivity contribution is 5.43. The first-order chi connectivity index (χ1) is 7.72. The fourth-order valence-corrected chi connectivity index (χ4v) is 2.43. The molecule has 1 aromatic carbocycles. The van der Waals surface area contributed by atoms with Gasteiger partial charge in [-0.2, -0.15) is 0 Å². The summed E-state index contributed by atoms with van der Waals surface area (Å²) in [5, 5.41) is 3.46. The molecular formula is C13H20N2O. The molecule has 0 spiro atoms. The molecule has 16 heavy (non-hydrogen) atoms. The van der Waals surface area contributed by atoms with E-state index in [0.717, 1.165) is 25.4 Å². The number of hydrogen-bond acceptors (Lipinski definition) is 3. The maximum absolute atomic E-state index is 5.41. The number of likely N-dealkylation sites (N-methyl/N-ethyl adjacent to an activating group) is 1. The topological polar surface area (TPSA) is 24.5 Å². The van der Waals surface area contributed by atoms with Gasteiger partial charge in [0.05, 0.1) is 7.11 Å². The van der Waals surface area contributed by atoms with E-state index < -0.39 is 0 Å². The van der Waals surface area contributed by atoms with Crippen LogP contribution in [0, 0.1) is 0 Å². The van der Waals surface area contributed by atoms with Crippen LogP contribution in [0.2, 0.25) is 0 Å². The highest BCUT2D eigenvalue weighted by Gasteiger charge is 2.22. The summed E-state index contributed by atoms with van der Waals surface area (Å²) >= 11 is 0. The minimum absolute atomic E-state index is 0.564. The third-order valence-electron chi connectivity index (χ3n) is 3.11. The van der Waals surface area contributed by atoms with Crippen LogP contribution in [-0.2, 0) is 6.54 Å². The van der Waals surface area contributed by atoms with Gasteiger partial charge in [0.25, 0.3) is 0 Å². The number of hydrogen-bond donors (Lipinski definition) is 1. The van der Waals surface area contributed by atoms with E-state index in [1.165, 1.54) is 11.1 Å². The molecule has 0 bridgehead atoms. The van der Waals surface area contributed by atoms with Gasteiger partial charge in [0.2, 0.25) is 0 Å². The lowest BCUT2D eigenvalue weighted by molar-refractivity contribution is 0.349. The molecule has 3 nitrogen and oxygen atoms in total. The van der Waals surface area contributed by atoms with Gasteiger partial charge >= 0.3 is 0 Å². The third-order valence-corrected chi connectivity index (χ3v) is 3.11. The van der Waals surface area contributed by atoms with Crippen molar-refractivity contribution < 1.29 is 4.74 Å². The molecule has 0 aromatic heterocycles. The lowest BCUT2D eigenvalue weighted by Gasteiger charge is -2.29. The summed E-state index contributed by atoms with van der Waals surface area (Å²) in [7, 11) is 5.98. The number of ether oxygens (including phenoxy) is 1. The Balaban J connectivity index is 2.31. The zero-order chi connectivity index (χ0) is 11.5. The number of fused-ring (bicyclic) bond motifs is 1. The number of nitrogens with one attached hydrogen (secondary N) is 1. The van der Waals surface area contributed by atoms with Crippen LogP contribution in [-0.4, -0.2) is 39.2 Å². The Morgan fingerprint density at radius 3 is 2.94 bits per heavy atom. The van der Waals surface area contributed by atoms with Crippen LogP contribution in [0.15, 0.2) is 18.2 Å². The van der Waals surface area contributed by atoms with Crippen molar-refractivity contribution in [2.75, 3.05) is 34.3 Å². The lowest BCUT2D eigenvalue weighted by Crippen LogP contribution is -2.34. The Bertz CT molecular complexity index is 363. The van der Waals surface area contributed by atoms with Gasteiger partial charge in [-0.15, -0.1) is 0 Å². The summed E-state index contributed by atoms with van der Waals surface area (Å²) in [5.74, 6) is 1.57. The van der Waals surface area contributed by atoms with Gasteiger partial charge < -0.3 is 15.0 Å². The summed E-state index contributed by atoms with van der Waals surface area (Å²) in [5.41, 5.74) is 2.76. The molecule has 1 heterocycles. The van der Waals surface area contributed by atoms with E-state index in [0.29, 0.717) is 5.92 Å². The predicted molar refractivity (Wildman–Crippen MR) is 66.0 cm³/mol. The molecule has 1 N–H and O–H groups in total. The van der Waals surface area contributed by atoms with Gasteiger partial charge in [-0.25, -0.2) is 0 Å². The zero-order valence-electron chi connectivity index (χ0n) is 10.3. The van der Waals surface area contributed by atoms with Gasteiger partial charge in [-0.1, -0.05) is 12.1 Å². The molecule has 0 saturated carbocycles. The monoisotopic (exact) mass is 220 g/mol. The summed E-state index contributed by atoms with van der Waals surface area (Å²) < 4.78 is 5.41. The summed E-state index contributed by atoms with van der Waals surface area (Å²) in [4.78, 5) is 2.24. The van der Waals surface area contributed by atoms with E-state index in [2.05, 4.69) is 36.4 Å². The first kappa shape index (κ1) is 11.4. The van der Waals surface area contributed by atoms with Crippen molar-refractivity contribution in [1.29, 1.82) is 0 Å². The van der Waals surface area contributed by atoms with E-state index in [1.54, 1.807) is 7.11 Å². The van der Waals surface area contributed by atoms with E-state index >= 15 is 0 Å². The van der Waals surface area contributed by atoms with Crippen LogP contribution in [0.5, 0.6) is 5.75 Å². The Morgan fingerprint density at radius 1 is 1.44 bits per heavy atom. The number of rotatable bonds is 3. The predicted octanol–water partition coefficient (Wildman–Crippen LogP) is 1.44. The van der Waals surface area contributed by atoms with Crippen molar-refractivity contribution in [3.63, 3.8) is 0 Å². The van der Waals surface area contributed by atoms with Crippen molar-refractivity contribution in [1.82, 2.24) is 10.2 Å². The lowest BCUT2D eigenvalue weighted by atomic mass is 9.90. The number of nitrogens with zero attached hydrogens (tertiary/aromatic N) is 1. The van der Waals surface area contributed by atoms with Crippen LogP contribution in [0.25, 0.3) is 0 Å². The van der Waals surface area contributed by atoms with Crippen molar-refractivity contribution in [3.05, 3.63) is 29.3 Å². The largest absolute Gasteiger partial charge is 0.496 e. The SMILES string of the molecule is COc1cccc2c1CNCC2CN(C)C. The fraction of sp³-hybridized carbons (Fsp3) is 0.538. The summed E-state index contributed by atoms with van der Waals surface area (Å²) in [6.07, 6.45) is 0. The Kier molecular flexibility index (Phi) is 3.46. The standard InChI is InChI=1S/C13H20N2O/c1-15(2)9-10-7-14-8-12-11(10)5-4-6-13(12)16-3/h4-6,10,14H,7-9H2,1-3H3. The third kappa shape index (κ3) is 2.20. The minimum atomic E-state index is 0.564. The molecule has 0 fully saturated rings. The van der Waals surface area contributed by atoms with E-state index in [1.807, 2.05) is 6.07 Å². The smallest absolute Gasteiger partial charge is 0.123 e. The molecule has 0 saturated heterocycles. The number of methoxy groups -OCH3 is 1. The van der Waals surface area contributed by atoms with Crippen molar-refractivity contribution in [2.24, 2.45) is 0 Å². The quantitative estimate of drug-likeness (QED) is 0.834. The summed E-state index contributed by atoms with van der Waals surface area (Å²) in [6, 6.07) is 6.36. The van der Waals surface area contributed by atoms with Crippen LogP contribution in [0.4, 0.5) is 0 Å². The Morgan fingerprint density at radius 2 is 2.25 bits per heavy atom. The molecule has 0 aliphatic carbocycles. The maximum Gasteiger partial charge on any atom is 0.123 e. The van der Waals surface area contributed by atoms with Crippen LogP contribution < -0.4 is 10.1 Å². The Hall–Kier alpha value is -1.06. The van der Waals surface area contributed by atoms with Crippen LogP contribution in [0.1, 0.15) is 17.0 Å². The van der Waals surface area contributed by atoms with Crippen molar-refractivity contribution in [2.45, 2.75) is 12.5 Å². The van der Waals surface area contributed by atoms with Crippen molar-refractivity contribution in [3.8, 4) is 5.75 Å². The summed E-state index contributed by atoms with van der Waals surface area (Å²) in [6.45, 7) is 3.05. The van der Waals surface area contributed by atoms with E-state index in [-0.39, 0.29) is 0 Å². The average molecular weight is 220 g/mol. The van der Waals surface area contributed by atoms with E-state index in [9.17, 15) is 0 Å². The maximum atomic E-state index is 5.41. The second-order valence-electron chi connectivity index (χ2n) is 4.62. The average Bonchev–Trinajstić information content (AvgIpc) is 2.28. The molecule has 3 heteroatoms. The zero-order valence-corrected chi connectivity index (χ0v) is 10.3. The van der Waals surface area contributed by atoms with Gasteiger partial charge in [-0.3, -0.25) is 0 Å². The molecule has 1 unspecified atom stereocenters. The van der Waals surface area contributed by atoms with Crippen LogP contribution >= 0.6 is 0 Å². The second kappa shape index (κ2) is 4.85. The molecule has 1 aromatic rings. The normalized spacial score (nSPS) is 19.6. The molecule has 1 atom stereocenters. The number of benzene rings is 1. The van der Waals surface area contributed by atoms with Crippen LogP contribution in [0.3, 0.4) is 0 Å². The highest BCUT2D eigenvalue weighted by Crippen LogP contribution is 2.30. The minimum Gasteiger partial charge on any atom is -0.496 e. The van der Waals surface area contributed by atoms with Gasteiger partial charge in [-0.05, 0) is 25.7 Å².